The molecular formula is C14H16BrFN2O. The Morgan fingerprint density at radius 2 is 2.11 bits per heavy atom. The maximum absolute atomic E-state index is 14.0. The fourth-order valence-corrected chi connectivity index (χ4v) is 3.49. The highest BCUT2D eigenvalue weighted by atomic mass is 79.9. The molecule has 2 aliphatic heterocycles. The van der Waals surface area contributed by atoms with Gasteiger partial charge in [0.15, 0.2) is 5.82 Å². The average Bonchev–Trinajstić information content (AvgIpc) is 2.76. The predicted molar refractivity (Wildman–Crippen MR) is 75.6 cm³/mol. The average molecular weight is 327 g/mol. The summed E-state index contributed by atoms with van der Waals surface area (Å²) in [5, 5.41) is 0. The van der Waals surface area contributed by atoms with Crippen molar-refractivity contribution in [3.05, 3.63) is 28.5 Å². The van der Waals surface area contributed by atoms with Gasteiger partial charge in [0.1, 0.15) is 0 Å². The Morgan fingerprint density at radius 3 is 2.74 bits per heavy atom. The summed E-state index contributed by atoms with van der Waals surface area (Å²) in [7, 11) is 0. The van der Waals surface area contributed by atoms with Crippen molar-refractivity contribution >= 4 is 27.5 Å². The first-order chi connectivity index (χ1) is 9.01. The van der Waals surface area contributed by atoms with Gasteiger partial charge in [-0.2, -0.15) is 0 Å². The third-order valence-electron chi connectivity index (χ3n) is 4.21. The van der Waals surface area contributed by atoms with Crippen molar-refractivity contribution < 1.29 is 9.18 Å². The molecule has 0 saturated carbocycles. The van der Waals surface area contributed by atoms with Crippen molar-refractivity contribution in [3.8, 4) is 0 Å². The van der Waals surface area contributed by atoms with Gasteiger partial charge in [-0.3, -0.25) is 4.79 Å². The number of hydrogen-bond donors (Lipinski definition) is 0. The number of hydrogen-bond acceptors (Lipinski definition) is 2. The van der Waals surface area contributed by atoms with Gasteiger partial charge >= 0.3 is 0 Å². The number of benzene rings is 1. The highest BCUT2D eigenvalue weighted by Crippen LogP contribution is 2.43. The fourth-order valence-electron chi connectivity index (χ4n) is 3.13. The van der Waals surface area contributed by atoms with E-state index in [-0.39, 0.29) is 17.1 Å². The standard InChI is InChI=1S/C14H16BrFN2O/c1-10(19)17-6-5-14(7-17)8-18(9-14)12-4-2-3-11(15)13(12)16/h2-4H,5-9H2,1H3. The lowest BCUT2D eigenvalue weighted by Crippen LogP contribution is -2.58. The Kier molecular flexibility index (Phi) is 3.04. The highest BCUT2D eigenvalue weighted by molar-refractivity contribution is 9.10. The quantitative estimate of drug-likeness (QED) is 0.792. The third kappa shape index (κ3) is 2.14. The van der Waals surface area contributed by atoms with Crippen LogP contribution in [-0.4, -0.2) is 37.0 Å². The molecule has 1 aromatic rings. The number of halogens is 2. The number of nitrogens with zero attached hydrogens (tertiary/aromatic N) is 2. The van der Waals surface area contributed by atoms with Gasteiger partial charge in [-0.25, -0.2) is 4.39 Å². The van der Waals surface area contributed by atoms with E-state index in [1.807, 2.05) is 17.0 Å². The Morgan fingerprint density at radius 1 is 1.37 bits per heavy atom. The van der Waals surface area contributed by atoms with Gasteiger partial charge in [0.2, 0.25) is 5.91 Å². The summed E-state index contributed by atoms with van der Waals surface area (Å²) < 4.78 is 14.5. The molecule has 0 aliphatic carbocycles. The molecule has 1 aromatic carbocycles. The lowest BCUT2D eigenvalue weighted by atomic mass is 9.78. The SMILES string of the molecule is CC(=O)N1CCC2(C1)CN(c1cccc(Br)c1F)C2. The largest absolute Gasteiger partial charge is 0.368 e. The summed E-state index contributed by atoms with van der Waals surface area (Å²) in [6.45, 7) is 4.94. The molecule has 2 fully saturated rings. The molecule has 0 N–H and O–H groups in total. The Balaban J connectivity index is 1.70. The minimum atomic E-state index is -0.196. The maximum Gasteiger partial charge on any atom is 0.219 e. The molecule has 0 radical (unpaired) electrons. The van der Waals surface area contributed by atoms with Crippen LogP contribution in [0.4, 0.5) is 10.1 Å². The zero-order valence-corrected chi connectivity index (χ0v) is 12.4. The summed E-state index contributed by atoms with van der Waals surface area (Å²) in [6.07, 6.45) is 1.03. The highest BCUT2D eigenvalue weighted by Gasteiger charge is 2.48. The zero-order chi connectivity index (χ0) is 13.6. The van der Waals surface area contributed by atoms with Crippen molar-refractivity contribution in [2.24, 2.45) is 5.41 Å². The molecule has 3 rings (SSSR count). The predicted octanol–water partition coefficient (Wildman–Crippen LogP) is 2.65. The minimum absolute atomic E-state index is 0.143. The van der Waals surface area contributed by atoms with Crippen molar-refractivity contribution in [2.45, 2.75) is 13.3 Å². The molecule has 0 aromatic heterocycles. The first-order valence-electron chi connectivity index (χ1n) is 6.45. The van der Waals surface area contributed by atoms with Crippen LogP contribution in [0.1, 0.15) is 13.3 Å². The van der Waals surface area contributed by atoms with Gasteiger partial charge in [-0.1, -0.05) is 6.07 Å². The third-order valence-corrected chi connectivity index (χ3v) is 4.82. The summed E-state index contributed by atoms with van der Waals surface area (Å²) in [4.78, 5) is 15.3. The summed E-state index contributed by atoms with van der Waals surface area (Å²) >= 11 is 3.22. The molecule has 0 bridgehead atoms. The molecule has 0 atom stereocenters. The molecule has 3 nitrogen and oxygen atoms in total. The topological polar surface area (TPSA) is 23.6 Å². The lowest BCUT2D eigenvalue weighted by molar-refractivity contribution is -0.128. The first-order valence-corrected chi connectivity index (χ1v) is 7.25. The Labute approximate surface area is 120 Å². The van der Waals surface area contributed by atoms with E-state index in [0.717, 1.165) is 32.6 Å². The second-order valence-corrected chi connectivity index (χ2v) is 6.47. The van der Waals surface area contributed by atoms with E-state index in [9.17, 15) is 9.18 Å². The van der Waals surface area contributed by atoms with Gasteiger partial charge in [-0.15, -0.1) is 0 Å². The number of amides is 1. The van der Waals surface area contributed by atoms with Crippen LogP contribution in [0, 0.1) is 11.2 Å². The van der Waals surface area contributed by atoms with E-state index in [1.165, 1.54) is 0 Å². The maximum atomic E-state index is 14.0. The summed E-state index contributed by atoms with van der Waals surface area (Å²) in [5.41, 5.74) is 0.835. The van der Waals surface area contributed by atoms with Crippen LogP contribution in [0.25, 0.3) is 0 Å². The van der Waals surface area contributed by atoms with Crippen molar-refractivity contribution in [2.75, 3.05) is 31.1 Å². The van der Waals surface area contributed by atoms with E-state index in [4.69, 9.17) is 0 Å². The van der Waals surface area contributed by atoms with Crippen LogP contribution in [-0.2, 0) is 4.79 Å². The zero-order valence-electron chi connectivity index (χ0n) is 10.8. The van der Waals surface area contributed by atoms with Crippen LogP contribution in [0.5, 0.6) is 0 Å². The van der Waals surface area contributed by atoms with Gasteiger partial charge in [-0.05, 0) is 34.5 Å². The van der Waals surface area contributed by atoms with Crippen LogP contribution < -0.4 is 4.90 Å². The van der Waals surface area contributed by atoms with E-state index < -0.39 is 0 Å². The van der Waals surface area contributed by atoms with Crippen LogP contribution in [0.3, 0.4) is 0 Å². The monoisotopic (exact) mass is 326 g/mol. The van der Waals surface area contributed by atoms with Gasteiger partial charge in [0, 0.05) is 38.5 Å². The van der Waals surface area contributed by atoms with Crippen LogP contribution >= 0.6 is 15.9 Å². The van der Waals surface area contributed by atoms with E-state index in [0.29, 0.717) is 10.2 Å². The lowest BCUT2D eigenvalue weighted by Gasteiger charge is -2.49. The molecule has 1 spiro atoms. The van der Waals surface area contributed by atoms with Gasteiger partial charge in [0.05, 0.1) is 10.2 Å². The number of rotatable bonds is 1. The number of carbonyl (C=O) groups excluding carboxylic acids is 1. The smallest absolute Gasteiger partial charge is 0.219 e. The number of likely N-dealkylation sites (tertiary alicyclic amines) is 1. The molecule has 19 heavy (non-hydrogen) atoms. The molecule has 5 heteroatoms. The summed E-state index contributed by atoms with van der Waals surface area (Å²) in [6, 6.07) is 5.37. The van der Waals surface area contributed by atoms with Crippen molar-refractivity contribution in [3.63, 3.8) is 0 Å². The molecular weight excluding hydrogens is 311 g/mol. The second-order valence-electron chi connectivity index (χ2n) is 5.62. The number of anilines is 1. The van der Waals surface area contributed by atoms with Crippen LogP contribution in [0.2, 0.25) is 0 Å². The van der Waals surface area contributed by atoms with Crippen molar-refractivity contribution in [1.29, 1.82) is 0 Å². The van der Waals surface area contributed by atoms with Gasteiger partial charge in [0.25, 0.3) is 0 Å². The Bertz CT molecular complexity index is 528. The first kappa shape index (κ1) is 12.9. The summed E-state index contributed by atoms with van der Waals surface area (Å²) in [5.74, 6) is -0.0530. The molecule has 0 unspecified atom stereocenters. The normalized spacial score (nSPS) is 20.8. The molecule has 2 aliphatic rings. The molecule has 102 valence electrons. The van der Waals surface area contributed by atoms with Crippen LogP contribution in [0.15, 0.2) is 22.7 Å². The Hall–Kier alpha value is -1.10. The van der Waals surface area contributed by atoms with E-state index >= 15 is 0 Å². The van der Waals surface area contributed by atoms with E-state index in [1.54, 1.807) is 13.0 Å². The number of carbonyl (C=O) groups is 1. The second kappa shape index (κ2) is 4.47. The molecule has 1 amide bonds. The van der Waals surface area contributed by atoms with Crippen molar-refractivity contribution in [1.82, 2.24) is 4.90 Å². The molecule has 2 saturated heterocycles. The fraction of sp³-hybridized carbons (Fsp3) is 0.500. The minimum Gasteiger partial charge on any atom is -0.368 e. The van der Waals surface area contributed by atoms with Gasteiger partial charge < -0.3 is 9.80 Å². The van der Waals surface area contributed by atoms with E-state index in [2.05, 4.69) is 20.8 Å². The molecule has 2 heterocycles.